The Morgan fingerprint density at radius 2 is 1.57 bits per heavy atom. The van der Waals surface area contributed by atoms with Crippen LogP contribution in [0.4, 0.5) is 0 Å². The summed E-state index contributed by atoms with van der Waals surface area (Å²) >= 11 is 0. The Labute approximate surface area is 91.5 Å². The summed E-state index contributed by atoms with van der Waals surface area (Å²) < 4.78 is 0. The van der Waals surface area contributed by atoms with E-state index in [1.807, 2.05) is 0 Å². The van der Waals surface area contributed by atoms with Gasteiger partial charge < -0.3 is 0 Å². The molecule has 0 fully saturated rings. The molecule has 2 unspecified atom stereocenters. The first-order valence-corrected chi connectivity index (χ1v) is 6.49. The molecule has 2 atom stereocenters. The van der Waals surface area contributed by atoms with Gasteiger partial charge in [-0.2, -0.15) is 0 Å². The highest BCUT2D eigenvalue weighted by Crippen LogP contribution is 2.40. The van der Waals surface area contributed by atoms with Crippen LogP contribution in [0, 0.1) is 17.3 Å². The molecule has 0 amide bonds. The van der Waals surface area contributed by atoms with Gasteiger partial charge in [0, 0.05) is 0 Å². The van der Waals surface area contributed by atoms with Gasteiger partial charge in [-0.25, -0.2) is 0 Å². The highest BCUT2D eigenvalue weighted by atomic mass is 14.4. The quantitative estimate of drug-likeness (QED) is 0.522. The van der Waals surface area contributed by atoms with Crippen molar-refractivity contribution in [3.63, 3.8) is 0 Å². The minimum atomic E-state index is 0.542. The maximum absolute atomic E-state index is 2.46. The Morgan fingerprint density at radius 3 is 1.93 bits per heavy atom. The molecule has 0 heteroatoms. The van der Waals surface area contributed by atoms with E-state index in [1.54, 1.807) is 0 Å². The third kappa shape index (κ3) is 4.02. The molecule has 0 aliphatic rings. The first-order chi connectivity index (χ1) is 6.49. The molecule has 0 aromatic heterocycles. The minimum absolute atomic E-state index is 0.542. The molecule has 14 heavy (non-hydrogen) atoms. The summed E-state index contributed by atoms with van der Waals surface area (Å²) in [5.41, 5.74) is 0.542. The molecular formula is C14H30. The van der Waals surface area contributed by atoms with Gasteiger partial charge in [0.1, 0.15) is 0 Å². The fraction of sp³-hybridized carbons (Fsp3) is 1.00. The van der Waals surface area contributed by atoms with Crippen LogP contribution in [-0.2, 0) is 0 Å². The fourth-order valence-corrected chi connectivity index (χ4v) is 2.87. The van der Waals surface area contributed by atoms with E-state index < -0.39 is 0 Å². The molecule has 0 spiro atoms. The van der Waals surface area contributed by atoms with Gasteiger partial charge in [-0.1, -0.05) is 60.8 Å². The summed E-state index contributed by atoms with van der Waals surface area (Å²) in [6.07, 6.45) is 6.77. The molecule has 0 radical (unpaired) electrons. The van der Waals surface area contributed by atoms with Crippen molar-refractivity contribution in [1.82, 2.24) is 0 Å². The highest BCUT2D eigenvalue weighted by Gasteiger charge is 2.30. The van der Waals surface area contributed by atoms with Crippen LogP contribution in [0.1, 0.15) is 73.6 Å². The zero-order valence-corrected chi connectivity index (χ0v) is 11.2. The van der Waals surface area contributed by atoms with Crippen LogP contribution in [0.25, 0.3) is 0 Å². The Hall–Kier alpha value is 0. The smallest absolute Gasteiger partial charge is 0.0323 e. The number of rotatable bonds is 7. The first kappa shape index (κ1) is 14.0. The Balaban J connectivity index is 4.44. The normalized spacial score (nSPS) is 16.7. The molecule has 0 bridgehead atoms. The van der Waals surface area contributed by atoms with Gasteiger partial charge in [0.25, 0.3) is 0 Å². The zero-order valence-electron chi connectivity index (χ0n) is 11.2. The first-order valence-electron chi connectivity index (χ1n) is 6.49. The van der Waals surface area contributed by atoms with Gasteiger partial charge >= 0.3 is 0 Å². The molecule has 0 aromatic carbocycles. The van der Waals surface area contributed by atoms with Crippen LogP contribution in [-0.4, -0.2) is 0 Å². The van der Waals surface area contributed by atoms with E-state index in [1.165, 1.54) is 32.1 Å². The third-order valence-corrected chi connectivity index (χ3v) is 3.83. The van der Waals surface area contributed by atoms with Crippen LogP contribution in [0.15, 0.2) is 0 Å². The topological polar surface area (TPSA) is 0 Å². The van der Waals surface area contributed by atoms with Crippen molar-refractivity contribution < 1.29 is 0 Å². The Bertz CT molecular complexity index is 135. The summed E-state index contributed by atoms with van der Waals surface area (Å²) in [5, 5.41) is 0. The van der Waals surface area contributed by atoms with Crippen LogP contribution >= 0.6 is 0 Å². The van der Waals surface area contributed by atoms with Crippen LogP contribution in [0.5, 0.6) is 0 Å². The summed E-state index contributed by atoms with van der Waals surface area (Å²) in [6.45, 7) is 14.3. The Kier molecular flexibility index (Phi) is 6.48. The molecule has 0 aliphatic carbocycles. The molecule has 0 nitrogen and oxygen atoms in total. The number of hydrogen-bond donors (Lipinski definition) is 0. The summed E-state index contributed by atoms with van der Waals surface area (Å²) in [6, 6.07) is 0. The van der Waals surface area contributed by atoms with E-state index in [0.717, 1.165) is 11.8 Å². The predicted molar refractivity (Wildman–Crippen MR) is 66.5 cm³/mol. The molecule has 0 aromatic rings. The lowest BCUT2D eigenvalue weighted by molar-refractivity contribution is 0.120. The zero-order chi connectivity index (χ0) is 11.2. The van der Waals surface area contributed by atoms with E-state index in [9.17, 15) is 0 Å². The lowest BCUT2D eigenvalue weighted by Gasteiger charge is -2.38. The molecule has 0 rings (SSSR count). The van der Waals surface area contributed by atoms with Crippen LogP contribution in [0.2, 0.25) is 0 Å². The van der Waals surface area contributed by atoms with Crippen molar-refractivity contribution in [2.75, 3.05) is 0 Å². The summed E-state index contributed by atoms with van der Waals surface area (Å²) in [7, 11) is 0. The molecule has 0 aliphatic heterocycles. The van der Waals surface area contributed by atoms with Crippen molar-refractivity contribution in [2.45, 2.75) is 73.6 Å². The van der Waals surface area contributed by atoms with Crippen LogP contribution < -0.4 is 0 Å². The standard InChI is InChI=1S/C14H30/c1-7-10-13(12(4)9-3)14(5,6)11-8-2/h12-13H,7-11H2,1-6H3. The van der Waals surface area contributed by atoms with Crippen molar-refractivity contribution in [3.05, 3.63) is 0 Å². The molecular weight excluding hydrogens is 168 g/mol. The van der Waals surface area contributed by atoms with E-state index in [-0.39, 0.29) is 0 Å². The van der Waals surface area contributed by atoms with Gasteiger partial charge in [0.05, 0.1) is 0 Å². The van der Waals surface area contributed by atoms with Crippen molar-refractivity contribution in [3.8, 4) is 0 Å². The molecule has 0 saturated carbocycles. The van der Waals surface area contributed by atoms with Gasteiger partial charge in [-0.3, -0.25) is 0 Å². The molecule has 0 saturated heterocycles. The van der Waals surface area contributed by atoms with Gasteiger partial charge in [0.2, 0.25) is 0 Å². The van der Waals surface area contributed by atoms with Crippen LogP contribution in [0.3, 0.4) is 0 Å². The van der Waals surface area contributed by atoms with Crippen molar-refractivity contribution >= 4 is 0 Å². The molecule has 86 valence electrons. The second kappa shape index (κ2) is 6.48. The van der Waals surface area contributed by atoms with E-state index in [0.29, 0.717) is 5.41 Å². The number of hydrogen-bond acceptors (Lipinski definition) is 0. The maximum atomic E-state index is 2.46. The minimum Gasteiger partial charge on any atom is -0.0654 e. The SMILES string of the molecule is CCCC(C(C)CC)C(C)(C)CCC. The largest absolute Gasteiger partial charge is 0.0654 e. The fourth-order valence-electron chi connectivity index (χ4n) is 2.87. The van der Waals surface area contributed by atoms with E-state index >= 15 is 0 Å². The molecule has 0 heterocycles. The van der Waals surface area contributed by atoms with E-state index in [2.05, 4.69) is 41.5 Å². The van der Waals surface area contributed by atoms with Crippen molar-refractivity contribution in [2.24, 2.45) is 17.3 Å². The Morgan fingerprint density at radius 1 is 1.00 bits per heavy atom. The average Bonchev–Trinajstić information content (AvgIpc) is 2.12. The second-order valence-corrected chi connectivity index (χ2v) is 5.52. The lowest BCUT2D eigenvalue weighted by Crippen LogP contribution is -2.29. The van der Waals surface area contributed by atoms with Crippen molar-refractivity contribution in [1.29, 1.82) is 0 Å². The van der Waals surface area contributed by atoms with Gasteiger partial charge in [0.15, 0.2) is 0 Å². The predicted octanol–water partition coefficient (Wildman–Crippen LogP) is 5.28. The maximum Gasteiger partial charge on any atom is -0.0323 e. The van der Waals surface area contributed by atoms with Gasteiger partial charge in [-0.15, -0.1) is 0 Å². The monoisotopic (exact) mass is 198 g/mol. The second-order valence-electron chi connectivity index (χ2n) is 5.52. The summed E-state index contributed by atoms with van der Waals surface area (Å²) in [5.74, 6) is 1.80. The van der Waals surface area contributed by atoms with E-state index in [4.69, 9.17) is 0 Å². The summed E-state index contributed by atoms with van der Waals surface area (Å²) in [4.78, 5) is 0. The molecule has 0 N–H and O–H groups in total. The highest BCUT2D eigenvalue weighted by molar-refractivity contribution is 4.81. The third-order valence-electron chi connectivity index (χ3n) is 3.83. The average molecular weight is 198 g/mol. The van der Waals surface area contributed by atoms with Gasteiger partial charge in [-0.05, 0) is 30.1 Å². The lowest BCUT2D eigenvalue weighted by atomic mass is 9.67.